The van der Waals surface area contributed by atoms with Gasteiger partial charge in [0.2, 0.25) is 0 Å². The fraction of sp³-hybridized carbons (Fsp3) is 0.276. The number of rotatable bonds is 7. The van der Waals surface area contributed by atoms with Gasteiger partial charge in [-0.05, 0) is 60.7 Å². The van der Waals surface area contributed by atoms with E-state index in [2.05, 4.69) is 27.0 Å². The van der Waals surface area contributed by atoms with Gasteiger partial charge < -0.3 is 4.74 Å². The second kappa shape index (κ2) is 10.4. The lowest BCUT2D eigenvalue weighted by molar-refractivity contribution is -0.156. The predicted octanol–water partition coefficient (Wildman–Crippen LogP) is 7.49. The molecule has 37 heavy (non-hydrogen) atoms. The van der Waals surface area contributed by atoms with Crippen molar-refractivity contribution in [1.82, 2.24) is 10.0 Å². The Morgan fingerprint density at radius 1 is 0.946 bits per heavy atom. The van der Waals surface area contributed by atoms with Crippen molar-refractivity contribution >= 4 is 49.3 Å². The number of imide groups is 1. The number of carbonyl (C=O) groups is 2. The van der Waals surface area contributed by atoms with E-state index in [1.165, 1.54) is 6.42 Å². The summed E-state index contributed by atoms with van der Waals surface area (Å²) in [5.74, 6) is 0.0866. The Labute approximate surface area is 227 Å². The zero-order chi connectivity index (χ0) is 25.4. The van der Waals surface area contributed by atoms with E-state index in [1.54, 1.807) is 35.6 Å². The highest BCUT2D eigenvalue weighted by atomic mass is 79.9. The molecule has 8 heteroatoms. The molecular formula is C29H25BrN2O4S. The number of halogens is 1. The summed E-state index contributed by atoms with van der Waals surface area (Å²) in [6, 6.07) is 20.7. The maximum Gasteiger partial charge on any atom is 0.285 e. The van der Waals surface area contributed by atoms with Gasteiger partial charge in [-0.2, -0.15) is 0 Å². The van der Waals surface area contributed by atoms with E-state index in [0.717, 1.165) is 56.0 Å². The summed E-state index contributed by atoms with van der Waals surface area (Å²) in [5, 5.41) is 1.86. The van der Waals surface area contributed by atoms with Gasteiger partial charge in [0.25, 0.3) is 11.8 Å². The lowest BCUT2D eigenvalue weighted by Gasteiger charge is -2.32. The third kappa shape index (κ3) is 4.81. The van der Waals surface area contributed by atoms with E-state index in [0.29, 0.717) is 23.5 Å². The smallest absolute Gasteiger partial charge is 0.285 e. The third-order valence-corrected chi connectivity index (χ3v) is 8.73. The van der Waals surface area contributed by atoms with Gasteiger partial charge in [0.15, 0.2) is 0 Å². The second-order valence-electron chi connectivity index (χ2n) is 9.42. The molecule has 1 fully saturated rings. The molecule has 0 bridgehead atoms. The zero-order valence-electron chi connectivity index (χ0n) is 20.1. The molecule has 6 rings (SSSR count). The van der Waals surface area contributed by atoms with E-state index in [-0.39, 0.29) is 5.92 Å². The Morgan fingerprint density at radius 3 is 2.35 bits per heavy atom. The van der Waals surface area contributed by atoms with Crippen molar-refractivity contribution in [2.75, 3.05) is 0 Å². The number of amides is 2. The summed E-state index contributed by atoms with van der Waals surface area (Å²) in [7, 11) is 0. The molecule has 1 atom stereocenters. The van der Waals surface area contributed by atoms with Gasteiger partial charge in [-0.3, -0.25) is 14.4 Å². The Kier molecular flexibility index (Phi) is 6.80. The van der Waals surface area contributed by atoms with Crippen LogP contribution in [0.2, 0.25) is 0 Å². The predicted molar refractivity (Wildman–Crippen MR) is 145 cm³/mol. The highest BCUT2D eigenvalue weighted by molar-refractivity contribution is 9.10. The molecule has 6 nitrogen and oxygen atoms in total. The van der Waals surface area contributed by atoms with Crippen molar-refractivity contribution in [2.24, 2.45) is 5.92 Å². The van der Waals surface area contributed by atoms with Gasteiger partial charge in [-0.25, -0.2) is 4.98 Å². The molecule has 0 spiro atoms. The normalized spacial score (nSPS) is 16.8. The number of thiazole rings is 1. The number of hydrogen-bond donors (Lipinski definition) is 0. The van der Waals surface area contributed by atoms with E-state index in [4.69, 9.17) is 9.57 Å². The molecule has 188 valence electrons. The number of benzene rings is 3. The molecule has 2 aliphatic rings. The maximum absolute atomic E-state index is 13.0. The van der Waals surface area contributed by atoms with Crippen LogP contribution in [0.5, 0.6) is 5.75 Å². The van der Waals surface area contributed by atoms with E-state index < -0.39 is 17.9 Å². The third-order valence-electron chi connectivity index (χ3n) is 7.03. The first-order valence-electron chi connectivity index (χ1n) is 12.5. The largest absolute Gasteiger partial charge is 0.486 e. The molecule has 2 heterocycles. The molecule has 1 saturated carbocycles. The first-order chi connectivity index (χ1) is 18.1. The number of ether oxygens (including phenoxy) is 1. The van der Waals surface area contributed by atoms with Crippen LogP contribution in [0, 0.1) is 5.92 Å². The van der Waals surface area contributed by atoms with Gasteiger partial charge in [-0.1, -0.05) is 65.5 Å². The van der Waals surface area contributed by atoms with Crippen molar-refractivity contribution < 1.29 is 19.2 Å². The number of hydroxylamine groups is 2. The Bertz CT molecular complexity index is 1410. The minimum atomic E-state index is -0.435. The maximum atomic E-state index is 13.0. The molecule has 1 aliphatic heterocycles. The van der Waals surface area contributed by atoms with Crippen LogP contribution in [0.4, 0.5) is 0 Å². The highest BCUT2D eigenvalue weighted by Gasteiger charge is 2.40. The van der Waals surface area contributed by atoms with E-state index in [1.807, 2.05) is 36.4 Å². The first kappa shape index (κ1) is 24.3. The second-order valence-corrected chi connectivity index (χ2v) is 11.4. The average molecular weight is 577 g/mol. The standard InChI is InChI=1S/C29H25BrN2O4S/c30-23-16-19(35-17-26-31-24-12-6-7-13-25(24)37-26)14-15-22(23)27(18-8-2-1-3-9-18)36-32-28(33)20-10-4-5-11-21(20)29(32)34/h4-7,10-16,18,27H,1-3,8-9,17H2. The van der Waals surface area contributed by atoms with Crippen LogP contribution < -0.4 is 4.74 Å². The summed E-state index contributed by atoms with van der Waals surface area (Å²) in [4.78, 5) is 37.0. The summed E-state index contributed by atoms with van der Waals surface area (Å²) in [6.07, 6.45) is 4.93. The van der Waals surface area contributed by atoms with Gasteiger partial charge >= 0.3 is 0 Å². The van der Waals surface area contributed by atoms with Gasteiger partial charge in [0.1, 0.15) is 23.5 Å². The lowest BCUT2D eigenvalue weighted by atomic mass is 9.82. The fourth-order valence-electron chi connectivity index (χ4n) is 5.17. The molecule has 1 aromatic heterocycles. The van der Waals surface area contributed by atoms with E-state index >= 15 is 0 Å². The number of para-hydroxylation sites is 1. The molecular weight excluding hydrogens is 552 g/mol. The van der Waals surface area contributed by atoms with Crippen LogP contribution in [-0.2, 0) is 11.4 Å². The minimum absolute atomic E-state index is 0.198. The van der Waals surface area contributed by atoms with Crippen LogP contribution in [0.15, 0.2) is 71.2 Å². The number of aromatic nitrogens is 1. The Hall–Kier alpha value is -3.07. The number of hydrogen-bond acceptors (Lipinski definition) is 6. The van der Waals surface area contributed by atoms with Gasteiger partial charge in [0.05, 0.1) is 21.3 Å². The SMILES string of the molecule is O=C1c2ccccc2C(=O)N1OC(c1ccc(OCc2nc3ccccc3s2)cc1Br)C1CCCCC1. The van der Waals surface area contributed by atoms with Crippen LogP contribution in [-0.4, -0.2) is 21.9 Å². The summed E-state index contributed by atoms with van der Waals surface area (Å²) in [5.41, 5.74) is 2.64. The van der Waals surface area contributed by atoms with Gasteiger partial charge in [-0.15, -0.1) is 16.4 Å². The Balaban J connectivity index is 1.23. The molecule has 1 unspecified atom stereocenters. The topological polar surface area (TPSA) is 68.7 Å². The number of nitrogens with zero attached hydrogens (tertiary/aromatic N) is 2. The van der Waals surface area contributed by atoms with Crippen LogP contribution >= 0.6 is 27.3 Å². The summed E-state index contributed by atoms with van der Waals surface area (Å²) < 4.78 is 8.01. The Morgan fingerprint density at radius 2 is 1.65 bits per heavy atom. The molecule has 1 aliphatic carbocycles. The van der Waals surface area contributed by atoms with Crippen molar-refractivity contribution in [3.8, 4) is 5.75 Å². The van der Waals surface area contributed by atoms with Crippen molar-refractivity contribution in [3.05, 3.63) is 92.9 Å². The molecule has 4 aromatic rings. The number of fused-ring (bicyclic) bond motifs is 2. The minimum Gasteiger partial charge on any atom is -0.486 e. The monoisotopic (exact) mass is 576 g/mol. The van der Waals surface area contributed by atoms with Crippen molar-refractivity contribution in [3.63, 3.8) is 0 Å². The number of carbonyl (C=O) groups excluding carboxylic acids is 2. The van der Waals surface area contributed by atoms with E-state index in [9.17, 15) is 9.59 Å². The fourth-order valence-corrected chi connectivity index (χ4v) is 6.63. The molecule has 0 N–H and O–H groups in total. The lowest BCUT2D eigenvalue weighted by Crippen LogP contribution is -2.34. The van der Waals surface area contributed by atoms with Crippen LogP contribution in [0.3, 0.4) is 0 Å². The average Bonchev–Trinajstić information content (AvgIpc) is 3.45. The zero-order valence-corrected chi connectivity index (χ0v) is 22.5. The molecule has 3 aromatic carbocycles. The van der Waals surface area contributed by atoms with Crippen molar-refractivity contribution in [1.29, 1.82) is 0 Å². The molecule has 2 amide bonds. The quantitative estimate of drug-likeness (QED) is 0.213. The van der Waals surface area contributed by atoms with Crippen LogP contribution in [0.25, 0.3) is 10.2 Å². The first-order valence-corrected chi connectivity index (χ1v) is 14.1. The molecule has 0 saturated heterocycles. The highest BCUT2D eigenvalue weighted by Crippen LogP contribution is 2.42. The van der Waals surface area contributed by atoms with Crippen molar-refractivity contribution in [2.45, 2.75) is 44.8 Å². The summed E-state index contributed by atoms with van der Waals surface area (Å²) >= 11 is 5.34. The molecule has 0 radical (unpaired) electrons. The van der Waals surface area contributed by atoms with Gasteiger partial charge in [0, 0.05) is 4.47 Å². The summed E-state index contributed by atoms with van der Waals surface area (Å²) in [6.45, 7) is 0.378. The van der Waals surface area contributed by atoms with Crippen LogP contribution in [0.1, 0.15) is 69.5 Å².